The molecule has 0 fully saturated rings. The summed E-state index contributed by atoms with van der Waals surface area (Å²) in [5, 5.41) is 0.639. The average molecular weight is 473 g/mol. The van der Waals surface area contributed by atoms with Gasteiger partial charge in [0.1, 0.15) is 0 Å². The number of nitrogens with zero attached hydrogens (tertiary/aromatic N) is 2. The number of methoxy groups -OCH3 is 2. The largest absolute Gasteiger partial charge is 0.493 e. The van der Waals surface area contributed by atoms with E-state index in [9.17, 15) is 4.79 Å². The number of aromatic nitrogens is 1. The number of aryl methyl sites for hydroxylation is 2. The van der Waals surface area contributed by atoms with Crippen molar-refractivity contribution in [2.45, 2.75) is 26.7 Å². The SMILES string of the molecule is CCc1sc(N(C(=O)Cc2ccccc2)c2ccc(OC)c(OC)c2)nc1-c1ccc(C)cc1. The van der Waals surface area contributed by atoms with Gasteiger partial charge < -0.3 is 9.47 Å². The summed E-state index contributed by atoms with van der Waals surface area (Å²) in [7, 11) is 3.18. The molecule has 0 N–H and O–H groups in total. The lowest BCUT2D eigenvalue weighted by Crippen LogP contribution is -2.27. The second kappa shape index (κ2) is 10.5. The van der Waals surface area contributed by atoms with Crippen LogP contribution >= 0.6 is 11.3 Å². The summed E-state index contributed by atoms with van der Waals surface area (Å²) in [4.78, 5) is 21.5. The predicted molar refractivity (Wildman–Crippen MR) is 139 cm³/mol. The average Bonchev–Trinajstić information content (AvgIpc) is 3.29. The van der Waals surface area contributed by atoms with Gasteiger partial charge in [-0.1, -0.05) is 67.1 Å². The molecule has 34 heavy (non-hydrogen) atoms. The van der Waals surface area contributed by atoms with E-state index in [1.165, 1.54) is 5.56 Å². The molecule has 6 heteroatoms. The number of rotatable bonds is 8. The first kappa shape index (κ1) is 23.5. The highest BCUT2D eigenvalue weighted by Gasteiger charge is 2.25. The molecule has 0 saturated carbocycles. The van der Waals surface area contributed by atoms with E-state index in [1.807, 2.05) is 48.5 Å². The highest BCUT2D eigenvalue weighted by molar-refractivity contribution is 7.16. The van der Waals surface area contributed by atoms with Crippen LogP contribution in [0.4, 0.5) is 10.8 Å². The van der Waals surface area contributed by atoms with Crippen LogP contribution in [0.2, 0.25) is 0 Å². The number of benzene rings is 3. The number of carbonyl (C=O) groups excluding carboxylic acids is 1. The van der Waals surface area contributed by atoms with Gasteiger partial charge in [0.05, 0.1) is 32.0 Å². The fourth-order valence-corrected chi connectivity index (χ4v) is 4.85. The quantitative estimate of drug-likeness (QED) is 0.290. The van der Waals surface area contributed by atoms with Gasteiger partial charge in [-0.05, 0) is 31.0 Å². The molecule has 0 aliphatic carbocycles. The fourth-order valence-electron chi connectivity index (χ4n) is 3.79. The topological polar surface area (TPSA) is 51.7 Å². The van der Waals surface area contributed by atoms with Crippen LogP contribution in [0.5, 0.6) is 11.5 Å². The van der Waals surface area contributed by atoms with Gasteiger partial charge in [-0.15, -0.1) is 11.3 Å². The van der Waals surface area contributed by atoms with Crippen LogP contribution in [0, 0.1) is 6.92 Å². The van der Waals surface area contributed by atoms with Gasteiger partial charge in [0.25, 0.3) is 0 Å². The maximum absolute atomic E-state index is 13.7. The summed E-state index contributed by atoms with van der Waals surface area (Å²) in [6.07, 6.45) is 1.09. The Morgan fingerprint density at radius 3 is 2.29 bits per heavy atom. The number of hydrogen-bond acceptors (Lipinski definition) is 5. The Balaban J connectivity index is 1.81. The van der Waals surface area contributed by atoms with Crippen LogP contribution in [-0.4, -0.2) is 25.1 Å². The first-order chi connectivity index (χ1) is 16.5. The molecule has 0 bridgehead atoms. The first-order valence-corrected chi connectivity index (χ1v) is 12.0. The van der Waals surface area contributed by atoms with E-state index in [2.05, 4.69) is 38.1 Å². The Morgan fingerprint density at radius 1 is 0.941 bits per heavy atom. The number of carbonyl (C=O) groups is 1. The van der Waals surface area contributed by atoms with E-state index in [0.717, 1.165) is 28.1 Å². The lowest BCUT2D eigenvalue weighted by atomic mass is 10.1. The zero-order valence-corrected chi connectivity index (χ0v) is 20.7. The standard InChI is InChI=1S/C28H28N2O3S/c1-5-25-27(21-13-11-19(2)12-14-21)29-28(34-25)30(26(31)17-20-9-7-6-8-10-20)22-15-16-23(32-3)24(18-22)33-4/h6-16,18H,5,17H2,1-4H3. The van der Waals surface area contributed by atoms with E-state index in [4.69, 9.17) is 14.5 Å². The molecule has 4 aromatic rings. The van der Waals surface area contributed by atoms with Gasteiger partial charge in [-0.2, -0.15) is 0 Å². The Kier molecular flexibility index (Phi) is 7.28. The van der Waals surface area contributed by atoms with Crippen LogP contribution < -0.4 is 14.4 Å². The summed E-state index contributed by atoms with van der Waals surface area (Å²) in [5.41, 5.74) is 4.80. The van der Waals surface area contributed by atoms with E-state index in [1.54, 1.807) is 30.5 Å². The van der Waals surface area contributed by atoms with Crippen molar-refractivity contribution in [3.8, 4) is 22.8 Å². The zero-order valence-electron chi connectivity index (χ0n) is 19.9. The molecule has 174 valence electrons. The number of hydrogen-bond donors (Lipinski definition) is 0. The van der Waals surface area contributed by atoms with Crippen molar-refractivity contribution in [2.75, 3.05) is 19.1 Å². The molecule has 0 saturated heterocycles. The number of thiazole rings is 1. The first-order valence-electron chi connectivity index (χ1n) is 11.2. The molecule has 0 aliphatic rings. The minimum absolute atomic E-state index is 0.0646. The van der Waals surface area contributed by atoms with Crippen molar-refractivity contribution in [2.24, 2.45) is 0 Å². The van der Waals surface area contributed by atoms with Gasteiger partial charge in [0, 0.05) is 16.5 Å². The third-order valence-corrected chi connectivity index (χ3v) is 6.78. The maximum atomic E-state index is 13.7. The zero-order chi connectivity index (χ0) is 24.1. The van der Waals surface area contributed by atoms with Gasteiger partial charge in [0.2, 0.25) is 5.91 Å². The number of anilines is 2. The molecule has 1 aromatic heterocycles. The summed E-state index contributed by atoms with van der Waals surface area (Å²) >= 11 is 1.55. The summed E-state index contributed by atoms with van der Waals surface area (Å²) in [6.45, 7) is 4.18. The second-order valence-electron chi connectivity index (χ2n) is 7.92. The van der Waals surface area contributed by atoms with Crippen molar-refractivity contribution < 1.29 is 14.3 Å². The second-order valence-corrected chi connectivity index (χ2v) is 8.98. The maximum Gasteiger partial charge on any atom is 0.237 e. The molecule has 1 amide bonds. The molecule has 0 spiro atoms. The Labute approximate surface area is 204 Å². The minimum atomic E-state index is -0.0646. The smallest absolute Gasteiger partial charge is 0.237 e. The third-order valence-electron chi connectivity index (χ3n) is 5.60. The van der Waals surface area contributed by atoms with E-state index in [0.29, 0.717) is 22.3 Å². The van der Waals surface area contributed by atoms with E-state index >= 15 is 0 Å². The molecule has 4 rings (SSSR count). The van der Waals surface area contributed by atoms with Crippen molar-refractivity contribution in [3.63, 3.8) is 0 Å². The van der Waals surface area contributed by atoms with Crippen LogP contribution in [0.25, 0.3) is 11.3 Å². The summed E-state index contributed by atoms with van der Waals surface area (Å²) in [5.74, 6) is 1.10. The molecular weight excluding hydrogens is 444 g/mol. The molecule has 5 nitrogen and oxygen atoms in total. The highest BCUT2D eigenvalue weighted by Crippen LogP contribution is 2.39. The lowest BCUT2D eigenvalue weighted by Gasteiger charge is -2.21. The van der Waals surface area contributed by atoms with E-state index < -0.39 is 0 Å². The van der Waals surface area contributed by atoms with Crippen molar-refractivity contribution in [3.05, 3.63) is 88.8 Å². The van der Waals surface area contributed by atoms with Crippen LogP contribution in [0.3, 0.4) is 0 Å². The van der Waals surface area contributed by atoms with E-state index in [-0.39, 0.29) is 12.3 Å². The molecule has 3 aromatic carbocycles. The van der Waals surface area contributed by atoms with Gasteiger partial charge in [0.15, 0.2) is 16.6 Å². The number of amides is 1. The Bertz CT molecular complexity index is 1270. The minimum Gasteiger partial charge on any atom is -0.493 e. The summed E-state index contributed by atoms with van der Waals surface area (Å²) in [6, 6.07) is 23.6. The Morgan fingerprint density at radius 2 is 1.65 bits per heavy atom. The van der Waals surface area contributed by atoms with Crippen molar-refractivity contribution >= 4 is 28.1 Å². The normalized spacial score (nSPS) is 10.7. The highest BCUT2D eigenvalue weighted by atomic mass is 32.1. The Hall–Kier alpha value is -3.64. The number of ether oxygens (including phenoxy) is 2. The predicted octanol–water partition coefficient (Wildman–Crippen LogP) is 6.61. The van der Waals surface area contributed by atoms with Gasteiger partial charge >= 0.3 is 0 Å². The molecule has 1 heterocycles. The van der Waals surface area contributed by atoms with Crippen LogP contribution in [0.15, 0.2) is 72.8 Å². The summed E-state index contributed by atoms with van der Waals surface area (Å²) < 4.78 is 10.9. The molecule has 0 radical (unpaired) electrons. The van der Waals surface area contributed by atoms with Crippen LogP contribution in [-0.2, 0) is 17.6 Å². The van der Waals surface area contributed by atoms with Gasteiger partial charge in [-0.25, -0.2) is 4.98 Å². The van der Waals surface area contributed by atoms with Gasteiger partial charge in [-0.3, -0.25) is 9.69 Å². The molecule has 0 atom stereocenters. The third kappa shape index (κ3) is 4.97. The monoisotopic (exact) mass is 472 g/mol. The van der Waals surface area contributed by atoms with Crippen molar-refractivity contribution in [1.82, 2.24) is 4.98 Å². The lowest BCUT2D eigenvalue weighted by molar-refractivity contribution is -0.117. The van der Waals surface area contributed by atoms with Crippen molar-refractivity contribution in [1.29, 1.82) is 0 Å². The molecular formula is C28H28N2O3S. The fraction of sp³-hybridized carbons (Fsp3) is 0.214. The molecule has 0 unspecified atom stereocenters. The molecule has 0 aliphatic heterocycles. The van der Waals surface area contributed by atoms with Crippen LogP contribution in [0.1, 0.15) is 22.9 Å².